The first kappa shape index (κ1) is 22.0. The van der Waals surface area contributed by atoms with Crippen LogP contribution in [-0.2, 0) is 17.9 Å². The second-order valence-electron chi connectivity index (χ2n) is 7.56. The third-order valence-electron chi connectivity index (χ3n) is 5.41. The van der Waals surface area contributed by atoms with E-state index in [1.807, 2.05) is 41.5 Å². The van der Waals surface area contributed by atoms with Crippen LogP contribution in [0.2, 0.25) is 5.02 Å². The molecule has 2 atom stereocenters. The van der Waals surface area contributed by atoms with E-state index in [1.54, 1.807) is 0 Å². The molecule has 158 valence electrons. The van der Waals surface area contributed by atoms with Crippen LogP contribution < -0.4 is 4.74 Å². The lowest BCUT2D eigenvalue weighted by atomic mass is 9.98. The third kappa shape index (κ3) is 5.25. The van der Waals surface area contributed by atoms with Gasteiger partial charge in [0.2, 0.25) is 5.91 Å². The molecule has 2 heterocycles. The number of ether oxygens (including phenoxy) is 1. The van der Waals surface area contributed by atoms with E-state index in [-0.39, 0.29) is 5.91 Å². The highest BCUT2D eigenvalue weighted by molar-refractivity contribution is 7.99. The summed E-state index contributed by atoms with van der Waals surface area (Å²) in [7, 11) is 0. The molecule has 0 radical (unpaired) electrons. The van der Waals surface area contributed by atoms with Crippen LogP contribution in [0.3, 0.4) is 0 Å². The van der Waals surface area contributed by atoms with E-state index in [9.17, 15) is 4.79 Å². The second-order valence-corrected chi connectivity index (χ2v) is 8.91. The summed E-state index contributed by atoms with van der Waals surface area (Å²) >= 11 is 7.52. The Morgan fingerprint density at radius 2 is 2.00 bits per heavy atom. The molecule has 1 aromatic heterocycles. The number of aromatic nitrogens is 3. The molecule has 0 bridgehead atoms. The monoisotopic (exact) mass is 436 g/mol. The van der Waals surface area contributed by atoms with Crippen LogP contribution in [0.1, 0.15) is 51.4 Å². The van der Waals surface area contributed by atoms with Gasteiger partial charge in [0.05, 0.1) is 5.75 Å². The average molecular weight is 437 g/mol. The van der Waals surface area contributed by atoms with Crippen molar-refractivity contribution in [2.24, 2.45) is 0 Å². The summed E-state index contributed by atoms with van der Waals surface area (Å²) in [5.41, 5.74) is 0.969. The van der Waals surface area contributed by atoms with E-state index in [2.05, 4.69) is 24.0 Å². The van der Waals surface area contributed by atoms with Gasteiger partial charge in [-0.1, -0.05) is 23.4 Å². The van der Waals surface area contributed by atoms with Crippen LogP contribution in [0.4, 0.5) is 0 Å². The number of aryl methyl sites for hydroxylation is 1. The maximum absolute atomic E-state index is 12.8. The molecule has 0 unspecified atom stereocenters. The van der Waals surface area contributed by atoms with Gasteiger partial charge in [-0.25, -0.2) is 0 Å². The lowest BCUT2D eigenvalue weighted by molar-refractivity contribution is -0.134. The number of carbonyl (C=O) groups is 1. The number of halogens is 1. The minimum absolute atomic E-state index is 0.176. The molecule has 0 aliphatic carbocycles. The van der Waals surface area contributed by atoms with Crippen LogP contribution in [-0.4, -0.2) is 43.4 Å². The highest BCUT2D eigenvalue weighted by Gasteiger charge is 2.29. The lowest BCUT2D eigenvalue weighted by Gasteiger charge is -2.39. The minimum Gasteiger partial charge on any atom is -0.486 e. The van der Waals surface area contributed by atoms with Crippen LogP contribution in [0.15, 0.2) is 23.4 Å². The number of carbonyl (C=O) groups excluding carboxylic acids is 1. The van der Waals surface area contributed by atoms with Crippen molar-refractivity contribution in [3.63, 3.8) is 0 Å². The zero-order valence-corrected chi connectivity index (χ0v) is 19.1. The molecule has 6 nitrogen and oxygen atoms in total. The predicted octanol–water partition coefficient (Wildman–Crippen LogP) is 4.72. The summed E-state index contributed by atoms with van der Waals surface area (Å²) in [5.74, 6) is 2.05. The van der Waals surface area contributed by atoms with E-state index in [1.165, 1.54) is 18.2 Å². The van der Waals surface area contributed by atoms with Crippen LogP contribution in [0.5, 0.6) is 5.75 Å². The second kappa shape index (κ2) is 9.85. The van der Waals surface area contributed by atoms with Crippen molar-refractivity contribution in [1.82, 2.24) is 19.7 Å². The first-order chi connectivity index (χ1) is 13.9. The molecule has 0 N–H and O–H groups in total. The Balaban J connectivity index is 1.61. The van der Waals surface area contributed by atoms with Crippen molar-refractivity contribution < 1.29 is 9.53 Å². The number of piperidine rings is 1. The third-order valence-corrected chi connectivity index (χ3v) is 6.79. The van der Waals surface area contributed by atoms with Crippen molar-refractivity contribution in [3.8, 4) is 5.75 Å². The highest BCUT2D eigenvalue weighted by atomic mass is 35.5. The van der Waals surface area contributed by atoms with E-state index in [4.69, 9.17) is 16.3 Å². The summed E-state index contributed by atoms with van der Waals surface area (Å²) in [4.78, 5) is 14.8. The molecule has 0 saturated carbocycles. The topological polar surface area (TPSA) is 60.2 Å². The van der Waals surface area contributed by atoms with E-state index >= 15 is 0 Å². The highest BCUT2D eigenvalue weighted by Crippen LogP contribution is 2.26. The maximum atomic E-state index is 12.8. The fraction of sp³-hybridized carbons (Fsp3) is 0.571. The Hall–Kier alpha value is -1.73. The quantitative estimate of drug-likeness (QED) is 0.587. The number of thioether (sulfide) groups is 1. The molecular formula is C21H29ClN4O2S. The normalized spacial score (nSPS) is 19.4. The fourth-order valence-electron chi connectivity index (χ4n) is 3.82. The van der Waals surface area contributed by atoms with Gasteiger partial charge < -0.3 is 14.2 Å². The fourth-order valence-corrected chi connectivity index (χ4v) is 4.83. The Bertz CT molecular complexity index is 847. The van der Waals surface area contributed by atoms with Crippen LogP contribution in [0, 0.1) is 6.92 Å². The molecule has 1 aliphatic heterocycles. The smallest absolute Gasteiger partial charge is 0.233 e. The molecule has 1 fully saturated rings. The molecule has 29 heavy (non-hydrogen) atoms. The summed E-state index contributed by atoms with van der Waals surface area (Å²) in [5, 5.41) is 10.0. The van der Waals surface area contributed by atoms with Crippen molar-refractivity contribution in [2.45, 2.75) is 77.3 Å². The van der Waals surface area contributed by atoms with E-state index in [0.717, 1.165) is 46.7 Å². The molecule has 1 aliphatic rings. The Labute approximate surface area is 182 Å². The van der Waals surface area contributed by atoms with Gasteiger partial charge >= 0.3 is 0 Å². The van der Waals surface area contributed by atoms with Crippen molar-refractivity contribution in [1.29, 1.82) is 0 Å². The Kier molecular flexibility index (Phi) is 7.46. The van der Waals surface area contributed by atoms with E-state index < -0.39 is 0 Å². The Morgan fingerprint density at radius 3 is 2.66 bits per heavy atom. The SMILES string of the molecule is CCn1c(COc2ccc(Cl)c(C)c2)nnc1SCC(=O)N1[C@@H](C)CCC[C@@H]1C. The summed E-state index contributed by atoms with van der Waals surface area (Å²) < 4.78 is 7.87. The van der Waals surface area contributed by atoms with Crippen molar-refractivity contribution in [3.05, 3.63) is 34.6 Å². The van der Waals surface area contributed by atoms with Gasteiger partial charge in [-0.2, -0.15) is 0 Å². The number of nitrogens with zero attached hydrogens (tertiary/aromatic N) is 4. The van der Waals surface area contributed by atoms with Crippen molar-refractivity contribution in [2.75, 3.05) is 5.75 Å². The molecule has 1 amide bonds. The number of rotatable bonds is 7. The molecule has 3 rings (SSSR count). The van der Waals surface area contributed by atoms with Gasteiger partial charge in [0.1, 0.15) is 12.4 Å². The van der Waals surface area contributed by atoms with Gasteiger partial charge in [0.15, 0.2) is 11.0 Å². The van der Waals surface area contributed by atoms with Gasteiger partial charge in [-0.05, 0) is 70.7 Å². The summed E-state index contributed by atoms with van der Waals surface area (Å²) in [6.07, 6.45) is 3.36. The number of likely N-dealkylation sites (tertiary alicyclic amines) is 1. The number of hydrogen-bond donors (Lipinski definition) is 0. The maximum Gasteiger partial charge on any atom is 0.233 e. The lowest BCUT2D eigenvalue weighted by Crippen LogP contribution is -2.48. The zero-order valence-electron chi connectivity index (χ0n) is 17.5. The van der Waals surface area contributed by atoms with Gasteiger partial charge in [0, 0.05) is 23.7 Å². The largest absolute Gasteiger partial charge is 0.486 e. The van der Waals surface area contributed by atoms with Gasteiger partial charge in [-0.3, -0.25) is 4.79 Å². The average Bonchev–Trinajstić information content (AvgIpc) is 3.09. The predicted molar refractivity (Wildman–Crippen MR) is 117 cm³/mol. The van der Waals surface area contributed by atoms with Crippen molar-refractivity contribution >= 4 is 29.3 Å². The number of hydrogen-bond acceptors (Lipinski definition) is 5. The number of benzene rings is 1. The van der Waals surface area contributed by atoms with Crippen LogP contribution >= 0.6 is 23.4 Å². The van der Waals surface area contributed by atoms with Gasteiger partial charge in [0.25, 0.3) is 0 Å². The molecule has 1 aromatic carbocycles. The van der Waals surface area contributed by atoms with Gasteiger partial charge in [-0.15, -0.1) is 10.2 Å². The molecular weight excluding hydrogens is 408 g/mol. The molecule has 1 saturated heterocycles. The first-order valence-electron chi connectivity index (χ1n) is 10.2. The van der Waals surface area contributed by atoms with Crippen LogP contribution in [0.25, 0.3) is 0 Å². The summed E-state index contributed by atoms with van der Waals surface area (Å²) in [6.45, 7) is 9.30. The zero-order chi connectivity index (χ0) is 21.0. The van der Waals surface area contributed by atoms with E-state index in [0.29, 0.717) is 24.4 Å². The molecule has 8 heteroatoms. The standard InChI is InChI=1S/C21H29ClN4O2S/c1-5-25-19(12-28-17-9-10-18(22)14(2)11-17)23-24-21(25)29-13-20(27)26-15(3)7-6-8-16(26)4/h9-11,15-16H,5-8,12-13H2,1-4H3/t15-,16-/m0/s1. The summed E-state index contributed by atoms with van der Waals surface area (Å²) in [6, 6.07) is 6.19. The first-order valence-corrected chi connectivity index (χ1v) is 11.5. The number of amides is 1. The Morgan fingerprint density at radius 1 is 1.28 bits per heavy atom. The molecule has 2 aromatic rings. The molecule has 0 spiro atoms. The minimum atomic E-state index is 0.176.